The van der Waals surface area contributed by atoms with Crippen molar-refractivity contribution in [3.63, 3.8) is 0 Å². The number of rotatable bonds is 1. The van der Waals surface area contributed by atoms with Gasteiger partial charge in [-0.15, -0.1) is 12.4 Å². The number of para-hydroxylation sites is 1. The van der Waals surface area contributed by atoms with Gasteiger partial charge in [0, 0.05) is 5.39 Å². The van der Waals surface area contributed by atoms with Gasteiger partial charge in [0.25, 0.3) is 0 Å². The summed E-state index contributed by atoms with van der Waals surface area (Å²) in [6.07, 6.45) is 0. The van der Waals surface area contributed by atoms with Gasteiger partial charge in [0.2, 0.25) is 0 Å². The third kappa shape index (κ3) is 2.07. The van der Waals surface area contributed by atoms with Crippen molar-refractivity contribution in [1.29, 1.82) is 0 Å². The number of hydrogen-bond acceptors (Lipinski definition) is 2. The second-order valence-electron chi connectivity index (χ2n) is 3.12. The van der Waals surface area contributed by atoms with Crippen LogP contribution >= 0.6 is 12.4 Å². The second kappa shape index (κ2) is 4.28. The lowest BCUT2D eigenvalue weighted by molar-refractivity contribution is 0.0696. The van der Waals surface area contributed by atoms with Crippen LogP contribution < -0.4 is 0 Å². The summed E-state index contributed by atoms with van der Waals surface area (Å²) in [6.45, 7) is 1.70. The molecule has 0 fully saturated rings. The zero-order valence-corrected chi connectivity index (χ0v) is 8.91. The molecule has 78 valence electrons. The third-order valence-electron chi connectivity index (χ3n) is 2.14. The van der Waals surface area contributed by atoms with E-state index in [1.165, 1.54) is 0 Å². The molecule has 0 aliphatic rings. The van der Waals surface area contributed by atoms with Crippen molar-refractivity contribution in [2.24, 2.45) is 0 Å². The Labute approximate surface area is 93.2 Å². The molecule has 0 aliphatic heterocycles. The van der Waals surface area contributed by atoms with Crippen LogP contribution in [-0.2, 0) is 0 Å². The van der Waals surface area contributed by atoms with E-state index in [9.17, 15) is 4.79 Å². The molecule has 0 unspecified atom stereocenters. The number of halogens is 1. The van der Waals surface area contributed by atoms with Crippen LogP contribution in [0.1, 0.15) is 16.1 Å². The topological polar surface area (TPSA) is 50.2 Å². The molecule has 0 saturated heterocycles. The molecule has 15 heavy (non-hydrogen) atoms. The van der Waals surface area contributed by atoms with E-state index in [4.69, 9.17) is 5.11 Å². The largest absolute Gasteiger partial charge is 0.478 e. The predicted molar refractivity (Wildman–Crippen MR) is 60.7 cm³/mol. The van der Waals surface area contributed by atoms with E-state index in [1.54, 1.807) is 13.0 Å². The first-order chi connectivity index (χ1) is 6.68. The summed E-state index contributed by atoms with van der Waals surface area (Å²) in [7, 11) is 0. The van der Waals surface area contributed by atoms with E-state index in [2.05, 4.69) is 4.98 Å². The lowest BCUT2D eigenvalue weighted by atomic mass is 10.1. The van der Waals surface area contributed by atoms with Crippen LogP contribution in [0.4, 0.5) is 0 Å². The molecule has 3 nitrogen and oxygen atoms in total. The maximum Gasteiger partial charge on any atom is 0.337 e. The van der Waals surface area contributed by atoms with Gasteiger partial charge in [0.1, 0.15) is 0 Å². The molecule has 1 aromatic carbocycles. The quantitative estimate of drug-likeness (QED) is 0.809. The standard InChI is InChI=1S/C11H9NO2.ClH/c1-7-9(11(13)14)6-8-4-2-3-5-10(8)12-7;/h2-6H,1H3,(H,13,14);1H. The van der Waals surface area contributed by atoms with Gasteiger partial charge in [-0.05, 0) is 19.1 Å². The van der Waals surface area contributed by atoms with Crippen LogP contribution in [0.5, 0.6) is 0 Å². The number of aryl methyl sites for hydroxylation is 1. The Morgan fingerprint density at radius 1 is 1.33 bits per heavy atom. The molecule has 0 bridgehead atoms. The molecule has 4 heteroatoms. The van der Waals surface area contributed by atoms with E-state index >= 15 is 0 Å². The van der Waals surface area contributed by atoms with E-state index < -0.39 is 5.97 Å². The first-order valence-corrected chi connectivity index (χ1v) is 4.28. The molecule has 0 radical (unpaired) electrons. The van der Waals surface area contributed by atoms with Gasteiger partial charge in [0.05, 0.1) is 16.8 Å². The summed E-state index contributed by atoms with van der Waals surface area (Å²) >= 11 is 0. The van der Waals surface area contributed by atoms with Gasteiger partial charge < -0.3 is 5.11 Å². The molecule has 0 atom stereocenters. The number of hydrogen-bond donors (Lipinski definition) is 1. The molecule has 0 aliphatic carbocycles. The lowest BCUT2D eigenvalue weighted by Crippen LogP contribution is -2.01. The molecule has 1 N–H and O–H groups in total. The Morgan fingerprint density at radius 2 is 2.00 bits per heavy atom. The highest BCUT2D eigenvalue weighted by molar-refractivity contribution is 5.93. The van der Waals surface area contributed by atoms with Gasteiger partial charge in [0.15, 0.2) is 0 Å². The molecule has 2 aromatic rings. The van der Waals surface area contributed by atoms with Crippen molar-refractivity contribution < 1.29 is 9.90 Å². The highest BCUT2D eigenvalue weighted by Crippen LogP contribution is 2.15. The molecule has 1 aromatic heterocycles. The van der Waals surface area contributed by atoms with Gasteiger partial charge in [-0.2, -0.15) is 0 Å². The van der Waals surface area contributed by atoms with Gasteiger partial charge in [-0.25, -0.2) is 4.79 Å². The number of carboxylic acid groups (broad SMARTS) is 1. The molecule has 0 saturated carbocycles. The fraction of sp³-hybridized carbons (Fsp3) is 0.0909. The van der Waals surface area contributed by atoms with Crippen molar-refractivity contribution in [3.05, 3.63) is 41.6 Å². The van der Waals surface area contributed by atoms with Gasteiger partial charge in [-0.3, -0.25) is 4.98 Å². The van der Waals surface area contributed by atoms with E-state index in [-0.39, 0.29) is 18.0 Å². The molecular formula is C11H10ClNO2. The number of pyridine rings is 1. The molecular weight excluding hydrogens is 214 g/mol. The van der Waals surface area contributed by atoms with Crippen LogP contribution in [0.2, 0.25) is 0 Å². The fourth-order valence-electron chi connectivity index (χ4n) is 1.43. The fourth-order valence-corrected chi connectivity index (χ4v) is 1.43. The number of aromatic nitrogens is 1. The minimum atomic E-state index is -0.930. The monoisotopic (exact) mass is 223 g/mol. The van der Waals surface area contributed by atoms with Gasteiger partial charge in [-0.1, -0.05) is 18.2 Å². The minimum Gasteiger partial charge on any atom is -0.478 e. The highest BCUT2D eigenvalue weighted by Gasteiger charge is 2.08. The van der Waals surface area contributed by atoms with Crippen LogP contribution in [0.25, 0.3) is 10.9 Å². The van der Waals surface area contributed by atoms with Crippen LogP contribution in [0, 0.1) is 6.92 Å². The number of fused-ring (bicyclic) bond motifs is 1. The summed E-state index contributed by atoms with van der Waals surface area (Å²) in [4.78, 5) is 15.0. The average molecular weight is 224 g/mol. The SMILES string of the molecule is Cc1nc2ccccc2cc1C(=O)O.Cl. The normalized spacial score (nSPS) is 9.67. The predicted octanol–water partition coefficient (Wildman–Crippen LogP) is 2.66. The van der Waals surface area contributed by atoms with E-state index in [0.717, 1.165) is 10.9 Å². The minimum absolute atomic E-state index is 0. The Kier molecular flexibility index (Phi) is 3.27. The summed E-state index contributed by atoms with van der Waals surface area (Å²) in [5.41, 5.74) is 1.65. The number of carbonyl (C=O) groups is 1. The number of aromatic carboxylic acids is 1. The zero-order chi connectivity index (χ0) is 10.1. The number of benzene rings is 1. The van der Waals surface area contributed by atoms with Crippen LogP contribution in [-0.4, -0.2) is 16.1 Å². The smallest absolute Gasteiger partial charge is 0.337 e. The van der Waals surface area contributed by atoms with Crippen molar-refractivity contribution >= 4 is 29.3 Å². The van der Waals surface area contributed by atoms with Crippen LogP contribution in [0.3, 0.4) is 0 Å². The van der Waals surface area contributed by atoms with Crippen LogP contribution in [0.15, 0.2) is 30.3 Å². The molecule has 0 amide bonds. The Bertz CT molecular complexity index is 511. The lowest BCUT2D eigenvalue weighted by Gasteiger charge is -2.02. The van der Waals surface area contributed by atoms with E-state index in [1.807, 2.05) is 24.3 Å². The summed E-state index contributed by atoms with van der Waals surface area (Å²) < 4.78 is 0. The van der Waals surface area contributed by atoms with Crippen molar-refractivity contribution in [2.75, 3.05) is 0 Å². The Morgan fingerprint density at radius 3 is 2.67 bits per heavy atom. The van der Waals surface area contributed by atoms with Crippen molar-refractivity contribution in [1.82, 2.24) is 4.98 Å². The second-order valence-corrected chi connectivity index (χ2v) is 3.12. The molecule has 0 spiro atoms. The first kappa shape index (κ1) is 11.5. The maximum atomic E-state index is 10.8. The summed E-state index contributed by atoms with van der Waals surface area (Å²) in [5, 5.41) is 9.74. The summed E-state index contributed by atoms with van der Waals surface area (Å²) in [6, 6.07) is 9.13. The van der Waals surface area contributed by atoms with E-state index in [0.29, 0.717) is 5.69 Å². The Hall–Kier alpha value is -1.61. The molecule has 2 rings (SSSR count). The van der Waals surface area contributed by atoms with Crippen molar-refractivity contribution in [3.8, 4) is 0 Å². The molecule has 1 heterocycles. The number of nitrogens with zero attached hydrogens (tertiary/aromatic N) is 1. The first-order valence-electron chi connectivity index (χ1n) is 4.28. The number of carboxylic acids is 1. The maximum absolute atomic E-state index is 10.8. The Balaban J connectivity index is 0.00000112. The van der Waals surface area contributed by atoms with Crippen molar-refractivity contribution in [2.45, 2.75) is 6.92 Å². The highest BCUT2D eigenvalue weighted by atomic mass is 35.5. The average Bonchev–Trinajstić information content (AvgIpc) is 2.16. The third-order valence-corrected chi connectivity index (χ3v) is 2.14. The van der Waals surface area contributed by atoms with Gasteiger partial charge >= 0.3 is 5.97 Å². The zero-order valence-electron chi connectivity index (χ0n) is 8.10. The summed E-state index contributed by atoms with van der Waals surface area (Å²) in [5.74, 6) is -0.930.